The van der Waals surface area contributed by atoms with Crippen LogP contribution in [0.2, 0.25) is 0 Å². The van der Waals surface area contributed by atoms with Gasteiger partial charge in [-0.3, -0.25) is 4.79 Å². The Morgan fingerprint density at radius 3 is 1.71 bits per heavy atom. The summed E-state index contributed by atoms with van der Waals surface area (Å²) < 4.78 is 5.60. The Bertz CT molecular complexity index is 1130. The van der Waals surface area contributed by atoms with Gasteiger partial charge in [-0.25, -0.2) is 4.79 Å². The quantitative estimate of drug-likeness (QED) is 0.424. The molecule has 3 aromatic carbocycles. The lowest BCUT2D eigenvalue weighted by Crippen LogP contribution is -2.46. The van der Waals surface area contributed by atoms with E-state index >= 15 is 0 Å². The van der Waals surface area contributed by atoms with E-state index in [0.717, 1.165) is 12.8 Å². The number of carbonyl (C=O) groups excluding carboxylic acids is 2. The van der Waals surface area contributed by atoms with Crippen molar-refractivity contribution in [3.63, 3.8) is 0 Å². The topological polar surface area (TPSA) is 49.9 Å². The van der Waals surface area contributed by atoms with Crippen molar-refractivity contribution in [1.29, 1.82) is 0 Å². The SMILES string of the molecule is C.CC(C)(C)OC(=O)N1CCC(N2CCC([P+](c3ccccc3)(c3ccccc3)c3ccccc3)C2=O)C1. The molecule has 6 heteroatoms. The molecule has 0 spiro atoms. The number of hydrogen-bond donors (Lipinski definition) is 0. The first-order valence-corrected chi connectivity index (χ1v) is 15.0. The van der Waals surface area contributed by atoms with Crippen LogP contribution in [0.1, 0.15) is 41.0 Å². The van der Waals surface area contributed by atoms with E-state index in [-0.39, 0.29) is 31.1 Å². The molecule has 2 atom stereocenters. The number of nitrogens with zero attached hydrogens (tertiary/aromatic N) is 2. The van der Waals surface area contributed by atoms with E-state index in [1.165, 1.54) is 15.9 Å². The Hall–Kier alpha value is -3.17. The Morgan fingerprint density at radius 2 is 1.26 bits per heavy atom. The van der Waals surface area contributed by atoms with Crippen molar-refractivity contribution < 1.29 is 14.3 Å². The fourth-order valence-electron chi connectivity index (χ4n) is 5.87. The van der Waals surface area contributed by atoms with Gasteiger partial charge < -0.3 is 14.5 Å². The van der Waals surface area contributed by atoms with Crippen LogP contribution < -0.4 is 15.9 Å². The minimum atomic E-state index is -2.29. The van der Waals surface area contributed by atoms with Gasteiger partial charge in [0, 0.05) is 26.1 Å². The van der Waals surface area contributed by atoms with Crippen LogP contribution in [0.3, 0.4) is 0 Å². The minimum Gasteiger partial charge on any atom is -0.444 e. The van der Waals surface area contributed by atoms with Crippen LogP contribution in [0, 0.1) is 0 Å². The van der Waals surface area contributed by atoms with Crippen molar-refractivity contribution in [3.05, 3.63) is 91.0 Å². The molecule has 0 aromatic heterocycles. The zero-order valence-corrected chi connectivity index (χ0v) is 22.8. The smallest absolute Gasteiger partial charge is 0.410 e. The summed E-state index contributed by atoms with van der Waals surface area (Å²) in [6, 6.07) is 31.9. The molecule has 0 radical (unpaired) electrons. The van der Waals surface area contributed by atoms with Crippen molar-refractivity contribution in [3.8, 4) is 0 Å². The van der Waals surface area contributed by atoms with Gasteiger partial charge in [0.15, 0.2) is 5.66 Å². The third-order valence-corrected chi connectivity index (χ3v) is 12.2. The third-order valence-electron chi connectivity index (χ3n) is 7.43. The molecular formula is C32H40N2O3P+. The van der Waals surface area contributed by atoms with Crippen LogP contribution in [-0.4, -0.2) is 58.7 Å². The highest BCUT2D eigenvalue weighted by molar-refractivity contribution is 7.96. The van der Waals surface area contributed by atoms with Crippen LogP contribution in [0.5, 0.6) is 0 Å². The van der Waals surface area contributed by atoms with Gasteiger partial charge in [0.25, 0.3) is 5.91 Å². The lowest BCUT2D eigenvalue weighted by Gasteiger charge is -2.32. The second kappa shape index (κ2) is 11.3. The Morgan fingerprint density at radius 1 is 0.789 bits per heavy atom. The molecule has 2 fully saturated rings. The monoisotopic (exact) mass is 531 g/mol. The molecule has 2 saturated heterocycles. The molecule has 3 aromatic rings. The molecule has 2 amide bonds. The van der Waals surface area contributed by atoms with Crippen molar-refractivity contribution in [2.75, 3.05) is 19.6 Å². The summed E-state index contributed by atoms with van der Waals surface area (Å²) >= 11 is 0. The summed E-state index contributed by atoms with van der Waals surface area (Å²) in [5, 5.41) is 3.69. The van der Waals surface area contributed by atoms with Gasteiger partial charge in [-0.15, -0.1) is 0 Å². The second-order valence-corrected chi connectivity index (χ2v) is 14.6. The van der Waals surface area contributed by atoms with Crippen LogP contribution in [0.15, 0.2) is 91.0 Å². The maximum Gasteiger partial charge on any atom is 0.410 e. The normalized spacial score (nSPS) is 19.8. The molecule has 200 valence electrons. The molecule has 0 bridgehead atoms. The van der Waals surface area contributed by atoms with E-state index < -0.39 is 12.9 Å². The van der Waals surface area contributed by atoms with Crippen molar-refractivity contribution in [2.24, 2.45) is 0 Å². The average molecular weight is 532 g/mol. The second-order valence-electron chi connectivity index (χ2n) is 10.9. The summed E-state index contributed by atoms with van der Waals surface area (Å²) in [5.74, 6) is 0.209. The standard InChI is InChI=1S/C31H36N2O3P.CH4/c1-31(2,3)36-30(35)32-21-19-24(23-32)33-22-20-28(29(33)34)37(25-13-7-4-8-14-25,26-15-9-5-10-16-26)27-17-11-6-12-18-27;/h4-18,24,28H,19-23H2,1-3H3;1H4/q+1;. The van der Waals surface area contributed by atoms with Crippen molar-refractivity contribution in [2.45, 2.75) is 58.3 Å². The van der Waals surface area contributed by atoms with Crippen LogP contribution in [0.4, 0.5) is 4.79 Å². The van der Waals surface area contributed by atoms with Gasteiger partial charge in [-0.1, -0.05) is 62.0 Å². The molecular weight excluding hydrogens is 491 g/mol. The Kier molecular flexibility index (Phi) is 8.28. The largest absolute Gasteiger partial charge is 0.444 e. The number of benzene rings is 3. The highest BCUT2D eigenvalue weighted by Crippen LogP contribution is 2.62. The molecule has 5 rings (SSSR count). The summed E-state index contributed by atoms with van der Waals surface area (Å²) in [6.45, 7) is 7.50. The Balaban J connectivity index is 0.00000336. The van der Waals surface area contributed by atoms with E-state index in [1.807, 2.05) is 39.0 Å². The number of rotatable bonds is 5. The zero-order chi connectivity index (χ0) is 26.0. The van der Waals surface area contributed by atoms with E-state index in [2.05, 4.69) is 77.7 Å². The van der Waals surface area contributed by atoms with Gasteiger partial charge in [-0.05, 0) is 63.6 Å². The number of ether oxygens (including phenoxy) is 1. The van der Waals surface area contributed by atoms with E-state index in [9.17, 15) is 9.59 Å². The maximum absolute atomic E-state index is 14.4. The number of amides is 2. The third kappa shape index (κ3) is 5.22. The molecule has 2 unspecified atom stereocenters. The van der Waals surface area contributed by atoms with Gasteiger partial charge in [0.2, 0.25) is 0 Å². The summed E-state index contributed by atoms with van der Waals surface area (Å²) in [7, 11) is -2.29. The van der Waals surface area contributed by atoms with Crippen LogP contribution in [0.25, 0.3) is 0 Å². The molecule has 0 aliphatic carbocycles. The molecule has 2 aliphatic heterocycles. The molecule has 5 nitrogen and oxygen atoms in total. The summed E-state index contributed by atoms with van der Waals surface area (Å²) in [4.78, 5) is 30.9. The molecule has 38 heavy (non-hydrogen) atoms. The lowest BCUT2D eigenvalue weighted by atomic mass is 10.2. The van der Waals surface area contributed by atoms with Gasteiger partial charge >= 0.3 is 6.09 Å². The predicted molar refractivity (Wildman–Crippen MR) is 158 cm³/mol. The highest BCUT2D eigenvalue weighted by Gasteiger charge is 2.59. The highest BCUT2D eigenvalue weighted by atomic mass is 31.2. The number of likely N-dealkylation sites (tertiary alicyclic amines) is 2. The number of carbonyl (C=O) groups is 2. The summed E-state index contributed by atoms with van der Waals surface area (Å²) in [6.07, 6.45) is 1.29. The van der Waals surface area contributed by atoms with Gasteiger partial charge in [0.1, 0.15) is 28.8 Å². The number of hydrogen-bond acceptors (Lipinski definition) is 3. The maximum atomic E-state index is 14.4. The van der Waals surface area contributed by atoms with Crippen molar-refractivity contribution in [1.82, 2.24) is 9.80 Å². The van der Waals surface area contributed by atoms with Gasteiger partial charge in [-0.2, -0.15) is 0 Å². The zero-order valence-electron chi connectivity index (χ0n) is 21.9. The summed E-state index contributed by atoms with van der Waals surface area (Å²) in [5.41, 5.74) is -0.676. The average Bonchev–Trinajstić information content (AvgIpc) is 3.53. The fraction of sp³-hybridized carbons (Fsp3) is 0.375. The first kappa shape index (κ1) is 27.9. The van der Waals surface area contributed by atoms with E-state index in [4.69, 9.17) is 4.74 Å². The molecule has 2 heterocycles. The van der Waals surface area contributed by atoms with E-state index in [0.29, 0.717) is 19.6 Å². The van der Waals surface area contributed by atoms with E-state index in [1.54, 1.807) is 4.90 Å². The fourth-order valence-corrected chi connectivity index (χ4v) is 10.8. The molecule has 0 saturated carbocycles. The molecule has 0 N–H and O–H groups in total. The predicted octanol–water partition coefficient (Wildman–Crippen LogP) is 5.23. The molecule has 2 aliphatic rings. The van der Waals surface area contributed by atoms with Crippen LogP contribution >= 0.6 is 7.26 Å². The Labute approximate surface area is 228 Å². The minimum absolute atomic E-state index is 0. The van der Waals surface area contributed by atoms with Crippen LogP contribution in [-0.2, 0) is 9.53 Å². The van der Waals surface area contributed by atoms with Gasteiger partial charge in [0.05, 0.1) is 6.04 Å². The van der Waals surface area contributed by atoms with Crippen molar-refractivity contribution >= 4 is 35.2 Å². The first-order valence-electron chi connectivity index (χ1n) is 13.1. The lowest BCUT2D eigenvalue weighted by molar-refractivity contribution is -0.129. The first-order chi connectivity index (χ1) is 17.8.